The molecule has 0 spiro atoms. The van der Waals surface area contributed by atoms with Crippen molar-refractivity contribution >= 4 is 17.8 Å². The van der Waals surface area contributed by atoms with E-state index in [2.05, 4.69) is 5.32 Å². The number of rotatable bonds is 7. The summed E-state index contributed by atoms with van der Waals surface area (Å²) in [7, 11) is 1.56. The maximum Gasteiger partial charge on any atom is 0.303 e. The molecule has 0 atom stereocenters. The van der Waals surface area contributed by atoms with Crippen molar-refractivity contribution in [1.29, 1.82) is 0 Å². The van der Waals surface area contributed by atoms with Crippen molar-refractivity contribution in [2.75, 3.05) is 13.6 Å². The largest absolute Gasteiger partial charge is 0.481 e. The zero-order valence-electron chi connectivity index (χ0n) is 11.7. The van der Waals surface area contributed by atoms with Gasteiger partial charge in [-0.1, -0.05) is 13.8 Å². The lowest BCUT2D eigenvalue weighted by Gasteiger charge is -2.25. The number of likely N-dealkylation sites (N-methyl/N-ethyl adjacent to an activating group) is 1. The molecule has 0 aromatic heterocycles. The molecule has 1 aliphatic carbocycles. The third kappa shape index (κ3) is 6.22. The lowest BCUT2D eigenvalue weighted by atomic mass is 9.85. The standard InChI is InChI=1S/C13H22N2O4/c1-13(2,7-12(18)19)6-11(17)15(3)8-10(16)14-9-4-5-9/h9H,4-8H2,1-3H3,(H,14,16)(H,18,19). The van der Waals surface area contributed by atoms with E-state index < -0.39 is 11.4 Å². The van der Waals surface area contributed by atoms with Crippen LogP contribution in [0.4, 0.5) is 0 Å². The van der Waals surface area contributed by atoms with Gasteiger partial charge in [0.05, 0.1) is 13.0 Å². The maximum atomic E-state index is 11.9. The van der Waals surface area contributed by atoms with E-state index in [1.165, 1.54) is 4.90 Å². The monoisotopic (exact) mass is 270 g/mol. The van der Waals surface area contributed by atoms with Crippen molar-refractivity contribution in [2.24, 2.45) is 5.41 Å². The van der Waals surface area contributed by atoms with Gasteiger partial charge in [-0.3, -0.25) is 14.4 Å². The molecule has 6 heteroatoms. The van der Waals surface area contributed by atoms with Crippen LogP contribution in [0.2, 0.25) is 0 Å². The van der Waals surface area contributed by atoms with Crippen LogP contribution in [0.1, 0.15) is 39.5 Å². The Hall–Kier alpha value is -1.59. The Labute approximate surface area is 113 Å². The van der Waals surface area contributed by atoms with Crippen LogP contribution in [0, 0.1) is 5.41 Å². The first-order valence-electron chi connectivity index (χ1n) is 6.45. The van der Waals surface area contributed by atoms with Crippen LogP contribution in [0.3, 0.4) is 0 Å². The maximum absolute atomic E-state index is 11.9. The van der Waals surface area contributed by atoms with Gasteiger partial charge in [-0.15, -0.1) is 0 Å². The number of amides is 2. The van der Waals surface area contributed by atoms with Crippen LogP contribution in [0.15, 0.2) is 0 Å². The van der Waals surface area contributed by atoms with Gasteiger partial charge in [0.1, 0.15) is 0 Å². The van der Waals surface area contributed by atoms with E-state index in [0.717, 1.165) is 12.8 Å². The third-order valence-corrected chi connectivity index (χ3v) is 3.01. The van der Waals surface area contributed by atoms with E-state index in [9.17, 15) is 14.4 Å². The summed E-state index contributed by atoms with van der Waals surface area (Å²) in [4.78, 5) is 35.5. The second-order valence-electron chi connectivity index (χ2n) is 6.00. The Morgan fingerprint density at radius 1 is 1.26 bits per heavy atom. The average molecular weight is 270 g/mol. The van der Waals surface area contributed by atoms with E-state index in [0.29, 0.717) is 0 Å². The number of nitrogens with one attached hydrogen (secondary N) is 1. The number of carboxylic acids is 1. The molecule has 19 heavy (non-hydrogen) atoms. The molecule has 1 rings (SSSR count). The Kier molecular flexibility index (Phi) is 4.91. The van der Waals surface area contributed by atoms with Gasteiger partial charge in [-0.05, 0) is 18.3 Å². The summed E-state index contributed by atoms with van der Waals surface area (Å²) < 4.78 is 0. The van der Waals surface area contributed by atoms with Gasteiger partial charge in [0.2, 0.25) is 11.8 Å². The fourth-order valence-corrected chi connectivity index (χ4v) is 1.82. The minimum absolute atomic E-state index is 0.0263. The smallest absolute Gasteiger partial charge is 0.303 e. The van der Waals surface area contributed by atoms with Gasteiger partial charge in [0, 0.05) is 19.5 Å². The summed E-state index contributed by atoms with van der Waals surface area (Å²) in [5, 5.41) is 11.6. The quantitative estimate of drug-likeness (QED) is 0.710. The number of carbonyl (C=O) groups excluding carboxylic acids is 2. The van der Waals surface area contributed by atoms with Crippen molar-refractivity contribution in [3.63, 3.8) is 0 Å². The number of hydrogen-bond acceptors (Lipinski definition) is 3. The summed E-state index contributed by atoms with van der Waals surface area (Å²) >= 11 is 0. The first-order valence-corrected chi connectivity index (χ1v) is 6.45. The lowest BCUT2D eigenvalue weighted by Crippen LogP contribution is -2.40. The zero-order valence-corrected chi connectivity index (χ0v) is 11.7. The molecule has 2 amide bonds. The molecule has 0 aliphatic heterocycles. The highest BCUT2D eigenvalue weighted by Gasteiger charge is 2.28. The summed E-state index contributed by atoms with van der Waals surface area (Å²) in [5.74, 6) is -1.29. The summed E-state index contributed by atoms with van der Waals surface area (Å²) in [6.45, 7) is 3.49. The van der Waals surface area contributed by atoms with Gasteiger partial charge in [0.15, 0.2) is 0 Å². The van der Waals surface area contributed by atoms with E-state index >= 15 is 0 Å². The SMILES string of the molecule is CN(CC(=O)NC1CC1)C(=O)CC(C)(C)CC(=O)O. The van der Waals surface area contributed by atoms with Crippen molar-refractivity contribution in [3.05, 3.63) is 0 Å². The Morgan fingerprint density at radius 2 is 1.84 bits per heavy atom. The summed E-state index contributed by atoms with van der Waals surface area (Å²) in [6.07, 6.45) is 2.07. The van der Waals surface area contributed by atoms with Crippen LogP contribution in [-0.4, -0.2) is 47.4 Å². The third-order valence-electron chi connectivity index (χ3n) is 3.01. The normalized spacial score (nSPS) is 14.9. The van der Waals surface area contributed by atoms with E-state index in [1.54, 1.807) is 20.9 Å². The second kappa shape index (κ2) is 6.04. The van der Waals surface area contributed by atoms with Crippen LogP contribution in [0.5, 0.6) is 0 Å². The molecule has 6 nitrogen and oxygen atoms in total. The number of hydrogen-bond donors (Lipinski definition) is 2. The van der Waals surface area contributed by atoms with Crippen LogP contribution >= 0.6 is 0 Å². The molecule has 0 saturated heterocycles. The first-order chi connectivity index (χ1) is 8.69. The fraction of sp³-hybridized carbons (Fsp3) is 0.769. The average Bonchev–Trinajstić information content (AvgIpc) is 2.97. The molecule has 0 unspecified atom stereocenters. The molecule has 0 radical (unpaired) electrons. The molecule has 0 aromatic rings. The number of aliphatic carboxylic acids is 1. The van der Waals surface area contributed by atoms with Gasteiger partial charge in [-0.25, -0.2) is 0 Å². The Morgan fingerprint density at radius 3 is 2.32 bits per heavy atom. The highest BCUT2D eigenvalue weighted by atomic mass is 16.4. The molecule has 0 heterocycles. The lowest BCUT2D eigenvalue weighted by molar-refractivity contribution is -0.141. The number of carbonyl (C=O) groups is 3. The highest BCUT2D eigenvalue weighted by molar-refractivity contribution is 5.85. The van der Waals surface area contributed by atoms with Gasteiger partial charge in [-0.2, -0.15) is 0 Å². The fourth-order valence-electron chi connectivity index (χ4n) is 1.82. The molecular weight excluding hydrogens is 248 g/mol. The van der Waals surface area contributed by atoms with Crippen molar-refractivity contribution in [3.8, 4) is 0 Å². The minimum atomic E-state index is -0.924. The van der Waals surface area contributed by atoms with Gasteiger partial charge in [0.25, 0.3) is 0 Å². The molecule has 108 valence electrons. The summed E-state index contributed by atoms with van der Waals surface area (Å²) in [6, 6.07) is 0.277. The molecule has 1 aliphatic rings. The highest BCUT2D eigenvalue weighted by Crippen LogP contribution is 2.25. The van der Waals surface area contributed by atoms with Crippen LogP contribution < -0.4 is 5.32 Å². The number of nitrogens with zero attached hydrogens (tertiary/aromatic N) is 1. The van der Waals surface area contributed by atoms with E-state index in [-0.39, 0.29) is 37.2 Å². The molecule has 0 bridgehead atoms. The topological polar surface area (TPSA) is 86.7 Å². The van der Waals surface area contributed by atoms with E-state index in [1.807, 2.05) is 0 Å². The molecule has 2 N–H and O–H groups in total. The van der Waals surface area contributed by atoms with Crippen molar-refractivity contribution in [2.45, 2.75) is 45.6 Å². The van der Waals surface area contributed by atoms with Crippen LogP contribution in [0.25, 0.3) is 0 Å². The van der Waals surface area contributed by atoms with Crippen molar-refractivity contribution < 1.29 is 19.5 Å². The minimum Gasteiger partial charge on any atom is -0.481 e. The van der Waals surface area contributed by atoms with Gasteiger partial charge < -0.3 is 15.3 Å². The van der Waals surface area contributed by atoms with Gasteiger partial charge >= 0.3 is 5.97 Å². The first kappa shape index (κ1) is 15.5. The molecule has 0 aromatic carbocycles. The zero-order chi connectivity index (χ0) is 14.6. The molecule has 1 saturated carbocycles. The van der Waals surface area contributed by atoms with Crippen LogP contribution in [-0.2, 0) is 14.4 Å². The van der Waals surface area contributed by atoms with E-state index in [4.69, 9.17) is 5.11 Å². The second-order valence-corrected chi connectivity index (χ2v) is 6.00. The Bertz CT molecular complexity index is 375. The molecular formula is C13H22N2O4. The predicted octanol–water partition coefficient (Wildman–Crippen LogP) is 0.614. The Balaban J connectivity index is 2.38. The summed E-state index contributed by atoms with van der Waals surface area (Å²) in [5.41, 5.74) is -0.607. The predicted molar refractivity (Wildman–Crippen MR) is 69.5 cm³/mol. The van der Waals surface area contributed by atoms with Crippen molar-refractivity contribution in [1.82, 2.24) is 10.2 Å². The molecule has 1 fully saturated rings. The number of carboxylic acid groups (broad SMARTS) is 1.